The molecule has 4 aromatic rings. The van der Waals surface area contributed by atoms with Crippen molar-refractivity contribution in [1.82, 2.24) is 19.6 Å². The molecule has 0 saturated carbocycles. The summed E-state index contributed by atoms with van der Waals surface area (Å²) in [5, 5.41) is 8.98. The van der Waals surface area contributed by atoms with Crippen molar-refractivity contribution in [3.05, 3.63) is 48.4 Å². The first-order valence-electron chi connectivity index (χ1n) is 12.7. The van der Waals surface area contributed by atoms with Crippen LogP contribution in [0, 0.1) is 0 Å². The van der Waals surface area contributed by atoms with Gasteiger partial charge in [0.15, 0.2) is 5.65 Å². The van der Waals surface area contributed by atoms with Gasteiger partial charge in [0.05, 0.1) is 23.2 Å². The Bertz CT molecular complexity index is 1540. The molecule has 0 spiro atoms. The zero-order valence-electron chi connectivity index (χ0n) is 21.6. The van der Waals surface area contributed by atoms with E-state index in [0.717, 1.165) is 28.1 Å². The molecule has 0 atom stereocenters. The molecule has 0 aliphatic carbocycles. The maximum Gasteiger partial charge on any atom is 0.165 e. The minimum atomic E-state index is -3.01. The van der Waals surface area contributed by atoms with Gasteiger partial charge in [-0.05, 0) is 36.5 Å². The molecule has 1 saturated heterocycles. The molecule has 0 unspecified atom stereocenters. The van der Waals surface area contributed by atoms with Crippen LogP contribution in [0.4, 0.5) is 5.82 Å². The molecule has 1 aromatic carbocycles. The molecule has 2 radical (unpaired) electrons. The number of rotatable bonds is 8. The van der Waals surface area contributed by atoms with E-state index in [0.29, 0.717) is 48.8 Å². The minimum Gasteiger partial charge on any atom is -0.362 e. The summed E-state index contributed by atoms with van der Waals surface area (Å²) >= 11 is 0. The van der Waals surface area contributed by atoms with E-state index < -0.39 is 17.9 Å². The summed E-state index contributed by atoms with van der Waals surface area (Å²) in [5.74, 6) is 0.862. The summed E-state index contributed by atoms with van der Waals surface area (Å²) in [4.78, 5) is 9.59. The van der Waals surface area contributed by atoms with Crippen LogP contribution in [-0.4, -0.2) is 68.8 Å². The van der Waals surface area contributed by atoms with Crippen molar-refractivity contribution in [2.75, 3.05) is 30.2 Å². The maximum absolute atomic E-state index is 12.1. The lowest BCUT2D eigenvalue weighted by molar-refractivity contribution is 0.165. The average Bonchev–Trinajstić information content (AvgIpc) is 3.27. The number of aromatic nitrogens is 4. The summed E-state index contributed by atoms with van der Waals surface area (Å²) in [6.45, 7) is 7.92. The van der Waals surface area contributed by atoms with E-state index in [1.54, 1.807) is 10.7 Å². The highest BCUT2D eigenvalue weighted by molar-refractivity contribution is 7.91. The van der Waals surface area contributed by atoms with Crippen LogP contribution in [0.5, 0.6) is 0 Å². The van der Waals surface area contributed by atoms with E-state index in [4.69, 9.17) is 17.6 Å². The summed E-state index contributed by atoms with van der Waals surface area (Å²) < 4.78 is 31.7. The number of pyridine rings is 1. The largest absolute Gasteiger partial charge is 0.362 e. The molecule has 1 aliphatic rings. The number of hydrogen-bond acceptors (Lipinski definition) is 7. The number of ether oxygens (including phenoxy) is 1. The van der Waals surface area contributed by atoms with Crippen molar-refractivity contribution in [3.8, 4) is 11.1 Å². The molecule has 4 heterocycles. The highest BCUT2D eigenvalue weighted by atomic mass is 32.2. The molecular weight excluding hydrogens is 501 g/mol. The normalized spacial score (nSPS) is 16.4. The van der Waals surface area contributed by atoms with Crippen LogP contribution in [0.25, 0.3) is 27.7 Å². The third-order valence-corrected chi connectivity index (χ3v) is 10.3. The topological polar surface area (TPSA) is 98.5 Å². The van der Waals surface area contributed by atoms with Gasteiger partial charge >= 0.3 is 0 Å². The maximum atomic E-state index is 12.1. The fourth-order valence-corrected chi connectivity index (χ4v) is 6.91. The fraction of sp³-hybridized carbons (Fsp3) is 0.423. The Morgan fingerprint density at radius 3 is 2.68 bits per heavy atom. The first-order chi connectivity index (χ1) is 17.6. The van der Waals surface area contributed by atoms with Crippen LogP contribution in [0.2, 0.25) is 25.7 Å². The zero-order chi connectivity index (χ0) is 26.2. The molecule has 8 nitrogen and oxygen atoms in total. The Hall–Kier alpha value is -2.76. The SMILES string of the molecule is [B]c1c(C2CCS(=O)(=O)CC2)nc2c(-c3cnc4ccccc4c3)cnn2c1NCOCC[Si](C)(C)C. The standard InChI is InChI=1S/C26H32BN5O3SSi/c1-37(2,3)13-10-35-17-29-26-23(27)24(18-8-11-36(33,34)12-9-18)31-25-21(16-30-32(25)26)20-14-19-6-4-5-7-22(19)28-15-20/h4-7,14-16,18,29H,8-13,17H2,1-3H3. The van der Waals surface area contributed by atoms with Gasteiger partial charge in [-0.15, -0.1) is 0 Å². The van der Waals surface area contributed by atoms with Crippen molar-refractivity contribution in [2.45, 2.75) is 44.4 Å². The summed E-state index contributed by atoms with van der Waals surface area (Å²) in [7, 11) is 2.45. The summed E-state index contributed by atoms with van der Waals surface area (Å²) in [5.41, 5.74) is 4.51. The number of hydrogen-bond donors (Lipinski definition) is 1. The highest BCUT2D eigenvalue weighted by Gasteiger charge is 2.29. The molecule has 3 aromatic heterocycles. The number of benzene rings is 1. The highest BCUT2D eigenvalue weighted by Crippen LogP contribution is 2.32. The predicted octanol–water partition coefficient (Wildman–Crippen LogP) is 3.75. The van der Waals surface area contributed by atoms with E-state index in [1.165, 1.54) is 0 Å². The molecule has 11 heteroatoms. The van der Waals surface area contributed by atoms with Crippen LogP contribution >= 0.6 is 0 Å². The number of sulfone groups is 1. The lowest BCUT2D eigenvalue weighted by atomic mass is 9.85. The molecule has 37 heavy (non-hydrogen) atoms. The van der Waals surface area contributed by atoms with Crippen LogP contribution in [0.3, 0.4) is 0 Å². The van der Waals surface area contributed by atoms with Crippen LogP contribution in [0.1, 0.15) is 24.5 Å². The van der Waals surface area contributed by atoms with Gasteiger partial charge in [-0.1, -0.05) is 37.8 Å². The molecule has 5 rings (SSSR count). The molecule has 1 N–H and O–H groups in total. The first-order valence-corrected chi connectivity index (χ1v) is 18.2. The Labute approximate surface area is 220 Å². The number of anilines is 1. The number of nitrogens with one attached hydrogen (secondary N) is 1. The Morgan fingerprint density at radius 1 is 1.16 bits per heavy atom. The number of nitrogens with zero attached hydrogens (tertiary/aromatic N) is 4. The first kappa shape index (κ1) is 25.9. The quantitative estimate of drug-likeness (QED) is 0.209. The number of fused-ring (bicyclic) bond motifs is 2. The molecule has 192 valence electrons. The third-order valence-electron chi connectivity index (χ3n) is 6.89. The van der Waals surface area contributed by atoms with Crippen molar-refractivity contribution >= 4 is 53.6 Å². The van der Waals surface area contributed by atoms with E-state index in [-0.39, 0.29) is 17.4 Å². The van der Waals surface area contributed by atoms with Gasteiger partial charge in [0, 0.05) is 49.0 Å². The zero-order valence-corrected chi connectivity index (χ0v) is 23.4. The molecule has 0 amide bonds. The molecule has 1 aliphatic heterocycles. The Kier molecular flexibility index (Phi) is 7.12. The van der Waals surface area contributed by atoms with Crippen molar-refractivity contribution in [1.29, 1.82) is 0 Å². The average molecular weight is 534 g/mol. The van der Waals surface area contributed by atoms with E-state index in [2.05, 4.69) is 41.1 Å². The smallest absolute Gasteiger partial charge is 0.165 e. The van der Waals surface area contributed by atoms with Gasteiger partial charge in [0.1, 0.15) is 30.2 Å². The van der Waals surface area contributed by atoms with Crippen LogP contribution < -0.4 is 10.8 Å². The van der Waals surface area contributed by atoms with Crippen LogP contribution in [-0.2, 0) is 14.6 Å². The van der Waals surface area contributed by atoms with Crippen molar-refractivity contribution in [3.63, 3.8) is 0 Å². The molecular formula is C26H32BN5O3SSi. The lowest BCUT2D eigenvalue weighted by Gasteiger charge is -2.25. The second-order valence-corrected chi connectivity index (χ2v) is 18.9. The van der Waals surface area contributed by atoms with Crippen molar-refractivity contribution in [2.24, 2.45) is 0 Å². The second-order valence-electron chi connectivity index (χ2n) is 10.9. The fourth-order valence-electron chi connectivity index (χ4n) is 4.66. The molecule has 0 bridgehead atoms. The molecule has 1 fully saturated rings. The minimum absolute atomic E-state index is 0.0423. The lowest BCUT2D eigenvalue weighted by Crippen LogP contribution is -2.30. The van der Waals surface area contributed by atoms with Gasteiger partial charge in [0.25, 0.3) is 0 Å². The van der Waals surface area contributed by atoms with E-state index in [1.807, 2.05) is 30.5 Å². The Balaban J connectivity index is 1.53. The second kappa shape index (κ2) is 10.2. The van der Waals surface area contributed by atoms with E-state index in [9.17, 15) is 8.42 Å². The van der Waals surface area contributed by atoms with Gasteiger partial charge in [-0.25, -0.2) is 13.4 Å². The summed E-state index contributed by atoms with van der Waals surface area (Å²) in [6.07, 6.45) is 4.61. The monoisotopic (exact) mass is 533 g/mol. The van der Waals surface area contributed by atoms with Crippen LogP contribution in [0.15, 0.2) is 42.7 Å². The van der Waals surface area contributed by atoms with Gasteiger partial charge in [-0.3, -0.25) is 4.98 Å². The van der Waals surface area contributed by atoms with Gasteiger partial charge in [-0.2, -0.15) is 9.61 Å². The van der Waals surface area contributed by atoms with Gasteiger partial charge < -0.3 is 10.1 Å². The third kappa shape index (κ3) is 5.73. The van der Waals surface area contributed by atoms with Crippen molar-refractivity contribution < 1.29 is 13.2 Å². The van der Waals surface area contributed by atoms with E-state index >= 15 is 0 Å². The van der Waals surface area contributed by atoms with Gasteiger partial charge in [0.2, 0.25) is 0 Å². The summed E-state index contributed by atoms with van der Waals surface area (Å²) in [6, 6.07) is 11.1. The Morgan fingerprint density at radius 2 is 1.92 bits per heavy atom. The number of para-hydroxylation sites is 1. The predicted molar refractivity (Wildman–Crippen MR) is 152 cm³/mol.